The first kappa shape index (κ1) is 18.6. The van der Waals surface area contributed by atoms with Crippen molar-refractivity contribution in [2.45, 2.75) is 13.3 Å². The van der Waals surface area contributed by atoms with Crippen LogP contribution >= 0.6 is 0 Å². The predicted octanol–water partition coefficient (Wildman–Crippen LogP) is 1.43. The summed E-state index contributed by atoms with van der Waals surface area (Å²) in [6.45, 7) is 3.94. The quantitative estimate of drug-likeness (QED) is 0.878. The molecule has 0 atom stereocenters. The van der Waals surface area contributed by atoms with Crippen LogP contribution < -0.4 is 10.5 Å². The van der Waals surface area contributed by atoms with Crippen LogP contribution in [-0.2, 0) is 4.79 Å². The molecule has 1 aromatic carbocycles. The highest BCUT2D eigenvalue weighted by molar-refractivity contribution is 5.95. The van der Waals surface area contributed by atoms with E-state index in [1.807, 2.05) is 12.1 Å². The molecule has 0 bridgehead atoms. The molecule has 8 nitrogen and oxygen atoms in total. The Balaban J connectivity index is 1.82. The topological polar surface area (TPSA) is 102 Å². The van der Waals surface area contributed by atoms with Crippen LogP contribution in [-0.4, -0.2) is 64.9 Å². The molecule has 0 unspecified atom stereocenters. The van der Waals surface area contributed by atoms with E-state index in [4.69, 9.17) is 10.5 Å². The number of ether oxygens (including phenoxy) is 1. The Hall–Kier alpha value is -3.16. The van der Waals surface area contributed by atoms with Gasteiger partial charge in [-0.3, -0.25) is 9.59 Å². The standard InChI is InChI=1S/C19H23N5O3/c1-13(25)23-7-4-8-24(10-9-23)18(26)15-6-3-5-14(11-15)16-12-17(27-2)22-19(20)21-16/h3,5-6,11-12H,4,7-10H2,1-2H3,(H2,20,21,22). The van der Waals surface area contributed by atoms with Gasteiger partial charge < -0.3 is 20.3 Å². The summed E-state index contributed by atoms with van der Waals surface area (Å²) in [4.78, 5) is 36.3. The Morgan fingerprint density at radius 1 is 1.07 bits per heavy atom. The summed E-state index contributed by atoms with van der Waals surface area (Å²) in [5.41, 5.74) is 7.65. The minimum Gasteiger partial charge on any atom is -0.481 e. The van der Waals surface area contributed by atoms with Gasteiger partial charge in [-0.25, -0.2) is 4.98 Å². The van der Waals surface area contributed by atoms with E-state index in [0.717, 1.165) is 12.0 Å². The summed E-state index contributed by atoms with van der Waals surface area (Å²) in [6.07, 6.45) is 0.769. The van der Waals surface area contributed by atoms with Gasteiger partial charge in [-0.2, -0.15) is 4.98 Å². The first-order valence-electron chi connectivity index (χ1n) is 8.81. The lowest BCUT2D eigenvalue weighted by molar-refractivity contribution is -0.128. The Morgan fingerprint density at radius 3 is 2.56 bits per heavy atom. The molecule has 142 valence electrons. The molecule has 2 aromatic rings. The van der Waals surface area contributed by atoms with Crippen molar-refractivity contribution in [2.75, 3.05) is 39.0 Å². The fourth-order valence-corrected chi connectivity index (χ4v) is 3.12. The molecule has 2 heterocycles. The molecule has 1 aromatic heterocycles. The Labute approximate surface area is 158 Å². The number of nitrogens with two attached hydrogens (primary N) is 1. The van der Waals surface area contributed by atoms with Crippen molar-refractivity contribution >= 4 is 17.8 Å². The van der Waals surface area contributed by atoms with Gasteiger partial charge in [0, 0.05) is 50.3 Å². The van der Waals surface area contributed by atoms with E-state index in [0.29, 0.717) is 43.3 Å². The lowest BCUT2D eigenvalue weighted by Crippen LogP contribution is -2.36. The molecule has 3 rings (SSSR count). The SMILES string of the molecule is COc1cc(-c2cccc(C(=O)N3CCCN(C(C)=O)CC3)c2)nc(N)n1. The molecule has 8 heteroatoms. The van der Waals surface area contributed by atoms with Crippen LogP contribution in [0.4, 0.5) is 5.95 Å². The van der Waals surface area contributed by atoms with E-state index in [2.05, 4.69) is 9.97 Å². The van der Waals surface area contributed by atoms with Crippen LogP contribution in [0, 0.1) is 0 Å². The third-order valence-corrected chi connectivity index (χ3v) is 4.56. The number of nitrogen functional groups attached to an aromatic ring is 1. The number of amides is 2. The van der Waals surface area contributed by atoms with Crippen molar-refractivity contribution in [3.8, 4) is 17.1 Å². The summed E-state index contributed by atoms with van der Waals surface area (Å²) in [5, 5.41) is 0. The van der Waals surface area contributed by atoms with Gasteiger partial charge in [-0.1, -0.05) is 12.1 Å². The first-order valence-corrected chi connectivity index (χ1v) is 8.81. The average molecular weight is 369 g/mol. The number of benzene rings is 1. The number of nitrogens with zero attached hydrogens (tertiary/aromatic N) is 4. The Kier molecular flexibility index (Phi) is 5.54. The van der Waals surface area contributed by atoms with Gasteiger partial charge in [0.1, 0.15) is 0 Å². The highest BCUT2D eigenvalue weighted by Gasteiger charge is 2.21. The van der Waals surface area contributed by atoms with Gasteiger partial charge in [0.05, 0.1) is 12.8 Å². The van der Waals surface area contributed by atoms with Gasteiger partial charge in [-0.05, 0) is 18.6 Å². The molecule has 27 heavy (non-hydrogen) atoms. The van der Waals surface area contributed by atoms with E-state index < -0.39 is 0 Å². The zero-order valence-corrected chi connectivity index (χ0v) is 15.5. The second kappa shape index (κ2) is 8.03. The number of aromatic nitrogens is 2. The lowest BCUT2D eigenvalue weighted by atomic mass is 10.1. The summed E-state index contributed by atoms with van der Waals surface area (Å²) < 4.78 is 5.13. The molecule has 1 aliphatic heterocycles. The number of carbonyl (C=O) groups is 2. The molecule has 1 saturated heterocycles. The summed E-state index contributed by atoms with van der Waals surface area (Å²) in [7, 11) is 1.51. The molecule has 2 N–H and O–H groups in total. The smallest absolute Gasteiger partial charge is 0.253 e. The van der Waals surface area contributed by atoms with Crippen LogP contribution in [0.15, 0.2) is 30.3 Å². The molecule has 0 radical (unpaired) electrons. The van der Waals surface area contributed by atoms with Crippen LogP contribution in [0.5, 0.6) is 5.88 Å². The van der Waals surface area contributed by atoms with E-state index >= 15 is 0 Å². The normalized spacial score (nSPS) is 14.6. The van der Waals surface area contributed by atoms with Gasteiger partial charge in [0.25, 0.3) is 5.91 Å². The Morgan fingerprint density at radius 2 is 1.81 bits per heavy atom. The highest BCUT2D eigenvalue weighted by atomic mass is 16.5. The summed E-state index contributed by atoms with van der Waals surface area (Å²) in [6, 6.07) is 8.92. The van der Waals surface area contributed by atoms with Gasteiger partial charge >= 0.3 is 0 Å². The maximum absolute atomic E-state index is 12.9. The monoisotopic (exact) mass is 369 g/mol. The number of methoxy groups -OCH3 is 1. The van der Waals surface area contributed by atoms with E-state index in [9.17, 15) is 9.59 Å². The van der Waals surface area contributed by atoms with Crippen LogP contribution in [0.25, 0.3) is 11.3 Å². The molecular formula is C19H23N5O3. The highest BCUT2D eigenvalue weighted by Crippen LogP contribution is 2.23. The number of hydrogen-bond donors (Lipinski definition) is 1. The molecule has 0 spiro atoms. The number of hydrogen-bond acceptors (Lipinski definition) is 6. The van der Waals surface area contributed by atoms with Gasteiger partial charge in [-0.15, -0.1) is 0 Å². The minimum absolute atomic E-state index is 0.0431. The fraction of sp³-hybridized carbons (Fsp3) is 0.368. The van der Waals surface area contributed by atoms with Crippen LogP contribution in [0.2, 0.25) is 0 Å². The fourth-order valence-electron chi connectivity index (χ4n) is 3.12. The second-order valence-corrected chi connectivity index (χ2v) is 6.39. The molecule has 0 saturated carbocycles. The minimum atomic E-state index is -0.0590. The molecular weight excluding hydrogens is 346 g/mol. The zero-order valence-electron chi connectivity index (χ0n) is 15.5. The van der Waals surface area contributed by atoms with E-state index in [1.165, 1.54) is 7.11 Å². The van der Waals surface area contributed by atoms with Crippen molar-refractivity contribution in [1.29, 1.82) is 0 Å². The van der Waals surface area contributed by atoms with E-state index in [1.54, 1.807) is 34.9 Å². The van der Waals surface area contributed by atoms with Crippen LogP contribution in [0.3, 0.4) is 0 Å². The Bertz CT molecular complexity index is 855. The predicted molar refractivity (Wildman–Crippen MR) is 101 cm³/mol. The number of carbonyl (C=O) groups excluding carboxylic acids is 2. The van der Waals surface area contributed by atoms with Gasteiger partial charge in [0.15, 0.2) is 0 Å². The maximum Gasteiger partial charge on any atom is 0.253 e. The van der Waals surface area contributed by atoms with Crippen molar-refractivity contribution in [3.05, 3.63) is 35.9 Å². The van der Waals surface area contributed by atoms with Crippen LogP contribution in [0.1, 0.15) is 23.7 Å². The van der Waals surface area contributed by atoms with Gasteiger partial charge in [0.2, 0.25) is 17.7 Å². The van der Waals surface area contributed by atoms with Crippen molar-refractivity contribution < 1.29 is 14.3 Å². The maximum atomic E-state index is 12.9. The summed E-state index contributed by atoms with van der Waals surface area (Å²) >= 11 is 0. The van der Waals surface area contributed by atoms with E-state index in [-0.39, 0.29) is 17.8 Å². The average Bonchev–Trinajstić information content (AvgIpc) is 2.93. The lowest BCUT2D eigenvalue weighted by Gasteiger charge is -2.21. The molecule has 1 aliphatic rings. The molecule has 1 fully saturated rings. The largest absolute Gasteiger partial charge is 0.481 e. The third kappa shape index (κ3) is 4.33. The molecule has 2 amide bonds. The molecule has 0 aliphatic carbocycles. The van der Waals surface area contributed by atoms with Crippen molar-refractivity contribution in [3.63, 3.8) is 0 Å². The summed E-state index contributed by atoms with van der Waals surface area (Å²) in [5.74, 6) is 0.460. The second-order valence-electron chi connectivity index (χ2n) is 6.39. The van der Waals surface area contributed by atoms with Crippen molar-refractivity contribution in [1.82, 2.24) is 19.8 Å². The zero-order chi connectivity index (χ0) is 19.4. The first-order chi connectivity index (χ1) is 13.0. The number of anilines is 1. The third-order valence-electron chi connectivity index (χ3n) is 4.56. The van der Waals surface area contributed by atoms with Crippen molar-refractivity contribution in [2.24, 2.45) is 0 Å². The number of rotatable bonds is 3.